The topological polar surface area (TPSA) is 59.2 Å². The van der Waals surface area contributed by atoms with Crippen LogP contribution in [0.2, 0.25) is 10.2 Å². The molecule has 0 aliphatic heterocycles. The van der Waals surface area contributed by atoms with Gasteiger partial charge in [0.2, 0.25) is 0 Å². The molecule has 29 heavy (non-hydrogen) atoms. The third-order valence-electron chi connectivity index (χ3n) is 4.31. The lowest BCUT2D eigenvalue weighted by molar-refractivity contribution is 0.686. The van der Waals surface area contributed by atoms with E-state index >= 15 is 0 Å². The molecule has 0 amide bonds. The second-order valence-electron chi connectivity index (χ2n) is 6.41. The molecule has 3 rings (SSSR count). The molecule has 0 unspecified atom stereocenters. The van der Waals surface area contributed by atoms with Gasteiger partial charge in [0.15, 0.2) is 5.96 Å². The molecule has 2 heterocycles. The predicted molar refractivity (Wildman–Crippen MR) is 130 cm³/mol. The Morgan fingerprint density at radius 1 is 1.14 bits per heavy atom. The van der Waals surface area contributed by atoms with Gasteiger partial charge in [-0.05, 0) is 30.2 Å². The van der Waals surface area contributed by atoms with Crippen molar-refractivity contribution in [3.8, 4) is 0 Å². The maximum absolute atomic E-state index is 6.13. The minimum Gasteiger partial charge on any atom is -0.357 e. The molecule has 0 fully saturated rings. The average Bonchev–Trinajstić information content (AvgIpc) is 3.28. The zero-order valence-corrected chi connectivity index (χ0v) is 20.2. The highest BCUT2D eigenvalue weighted by Crippen LogP contribution is 2.24. The van der Waals surface area contributed by atoms with Crippen molar-refractivity contribution in [1.29, 1.82) is 0 Å². The van der Waals surface area contributed by atoms with Gasteiger partial charge in [-0.2, -0.15) is 5.10 Å². The van der Waals surface area contributed by atoms with Crippen LogP contribution in [0.1, 0.15) is 23.7 Å². The molecule has 2 aromatic heterocycles. The first-order valence-corrected chi connectivity index (χ1v) is 9.89. The van der Waals surface area contributed by atoms with Gasteiger partial charge in [-0.15, -0.1) is 24.0 Å². The Bertz CT molecular complexity index is 937. The maximum atomic E-state index is 6.13. The Morgan fingerprint density at radius 3 is 2.59 bits per heavy atom. The van der Waals surface area contributed by atoms with Gasteiger partial charge in [-0.3, -0.25) is 4.68 Å². The van der Waals surface area contributed by atoms with Crippen LogP contribution in [0.5, 0.6) is 0 Å². The smallest absolute Gasteiger partial charge is 0.191 e. The summed E-state index contributed by atoms with van der Waals surface area (Å²) in [5.74, 6) is 0.744. The normalized spacial score (nSPS) is 11.2. The van der Waals surface area contributed by atoms with E-state index in [1.807, 2.05) is 41.5 Å². The van der Waals surface area contributed by atoms with Gasteiger partial charge in [-0.25, -0.2) is 4.99 Å². The molecule has 6 nitrogen and oxygen atoms in total. The van der Waals surface area contributed by atoms with Crippen LogP contribution in [0.15, 0.2) is 53.8 Å². The zero-order chi connectivity index (χ0) is 19.9. The average molecular weight is 547 g/mol. The second-order valence-corrected chi connectivity index (χ2v) is 7.17. The van der Waals surface area contributed by atoms with E-state index in [4.69, 9.17) is 28.2 Å². The van der Waals surface area contributed by atoms with Crippen molar-refractivity contribution in [2.75, 3.05) is 6.54 Å². The number of nitrogens with zero attached hydrogens (tertiary/aromatic N) is 4. The van der Waals surface area contributed by atoms with Crippen LogP contribution in [0.25, 0.3) is 0 Å². The van der Waals surface area contributed by atoms with Crippen LogP contribution in [-0.4, -0.2) is 26.9 Å². The fourth-order valence-corrected chi connectivity index (χ4v) is 3.27. The predicted octanol–water partition coefficient (Wildman–Crippen LogP) is 4.45. The van der Waals surface area contributed by atoms with Crippen molar-refractivity contribution in [1.82, 2.24) is 25.0 Å². The molecular weight excluding hydrogens is 522 g/mol. The minimum absolute atomic E-state index is 0. The van der Waals surface area contributed by atoms with Crippen LogP contribution in [0, 0.1) is 0 Å². The molecule has 0 atom stereocenters. The quantitative estimate of drug-likeness (QED) is 0.261. The van der Waals surface area contributed by atoms with Gasteiger partial charge in [0.05, 0.1) is 24.7 Å². The number of benzene rings is 1. The van der Waals surface area contributed by atoms with Gasteiger partial charge in [-0.1, -0.05) is 47.5 Å². The Labute approximate surface area is 198 Å². The van der Waals surface area contributed by atoms with Crippen molar-refractivity contribution in [2.45, 2.75) is 26.6 Å². The summed E-state index contributed by atoms with van der Waals surface area (Å²) in [7, 11) is 1.89. The van der Waals surface area contributed by atoms with Crippen molar-refractivity contribution in [2.24, 2.45) is 12.0 Å². The van der Waals surface area contributed by atoms with Crippen LogP contribution < -0.4 is 10.6 Å². The fourth-order valence-electron chi connectivity index (χ4n) is 2.85. The van der Waals surface area contributed by atoms with Gasteiger partial charge < -0.3 is 15.2 Å². The molecule has 0 aliphatic carbocycles. The molecule has 3 aromatic rings. The minimum atomic E-state index is 0. The molecular formula is C20H25Cl2IN6. The van der Waals surface area contributed by atoms with E-state index in [0.29, 0.717) is 23.3 Å². The van der Waals surface area contributed by atoms with Crippen molar-refractivity contribution < 1.29 is 0 Å². The molecule has 0 spiro atoms. The third-order valence-corrected chi connectivity index (χ3v) is 5.15. The Morgan fingerprint density at radius 2 is 1.93 bits per heavy atom. The Balaban J connectivity index is 0.00000300. The lowest BCUT2D eigenvalue weighted by atomic mass is 10.1. The largest absolute Gasteiger partial charge is 0.357 e. The number of halogens is 3. The zero-order valence-electron chi connectivity index (χ0n) is 16.4. The Hall–Kier alpha value is -1.71. The second kappa shape index (κ2) is 11.5. The lowest BCUT2D eigenvalue weighted by Gasteiger charge is -2.12. The molecule has 0 aliphatic rings. The van der Waals surface area contributed by atoms with Crippen molar-refractivity contribution in [3.05, 3.63) is 75.8 Å². The number of nitrogens with one attached hydrogen (secondary N) is 2. The number of aromatic nitrogens is 3. The Kier molecular flexibility index (Phi) is 9.32. The summed E-state index contributed by atoms with van der Waals surface area (Å²) < 4.78 is 3.77. The summed E-state index contributed by atoms with van der Waals surface area (Å²) in [5.41, 5.74) is 3.33. The highest BCUT2D eigenvalue weighted by atomic mass is 127. The molecule has 0 saturated heterocycles. The lowest BCUT2D eigenvalue weighted by Crippen LogP contribution is -2.37. The third kappa shape index (κ3) is 6.65. The van der Waals surface area contributed by atoms with E-state index in [0.717, 1.165) is 30.3 Å². The molecule has 0 bridgehead atoms. The molecule has 156 valence electrons. The maximum Gasteiger partial charge on any atom is 0.191 e. The van der Waals surface area contributed by atoms with E-state index < -0.39 is 0 Å². The highest BCUT2D eigenvalue weighted by molar-refractivity contribution is 14.0. The van der Waals surface area contributed by atoms with Crippen molar-refractivity contribution >= 4 is 53.1 Å². The number of rotatable bonds is 7. The van der Waals surface area contributed by atoms with Crippen LogP contribution in [0.4, 0.5) is 0 Å². The standard InChI is InChI=1S/C20H24Cl2N6.HI/c1-3-23-20(25-13-17-11-18(21)19(22)27(17)2)24-12-15-6-4-7-16(10-15)14-28-9-5-8-26-28;/h4-11H,3,12-14H2,1-2H3,(H2,23,24,25);1H. The summed E-state index contributed by atoms with van der Waals surface area (Å²) in [6, 6.07) is 12.2. The first-order chi connectivity index (χ1) is 13.6. The summed E-state index contributed by atoms with van der Waals surface area (Å²) in [5, 5.41) is 11.9. The van der Waals surface area contributed by atoms with Gasteiger partial charge in [0.25, 0.3) is 0 Å². The first-order valence-electron chi connectivity index (χ1n) is 9.14. The van der Waals surface area contributed by atoms with E-state index in [1.54, 1.807) is 6.20 Å². The summed E-state index contributed by atoms with van der Waals surface area (Å²) in [6.07, 6.45) is 3.75. The summed E-state index contributed by atoms with van der Waals surface area (Å²) >= 11 is 12.2. The summed E-state index contributed by atoms with van der Waals surface area (Å²) in [4.78, 5) is 4.69. The van der Waals surface area contributed by atoms with Crippen LogP contribution in [0.3, 0.4) is 0 Å². The number of aliphatic imine (C=N–C) groups is 1. The molecule has 0 saturated carbocycles. The van der Waals surface area contributed by atoms with E-state index in [2.05, 4.69) is 40.0 Å². The number of guanidine groups is 1. The van der Waals surface area contributed by atoms with Gasteiger partial charge in [0.1, 0.15) is 5.15 Å². The van der Waals surface area contributed by atoms with Crippen LogP contribution in [-0.2, 0) is 26.7 Å². The van der Waals surface area contributed by atoms with E-state index in [1.165, 1.54) is 5.56 Å². The SMILES string of the molecule is CCNC(=NCc1cccc(Cn2cccn2)c1)NCc1cc(Cl)c(Cl)n1C.I. The van der Waals surface area contributed by atoms with E-state index in [9.17, 15) is 0 Å². The fraction of sp³-hybridized carbons (Fsp3) is 0.300. The first kappa shape index (κ1) is 23.6. The number of hydrogen-bond donors (Lipinski definition) is 2. The van der Waals surface area contributed by atoms with E-state index in [-0.39, 0.29) is 24.0 Å². The van der Waals surface area contributed by atoms with Gasteiger partial charge >= 0.3 is 0 Å². The monoisotopic (exact) mass is 546 g/mol. The molecule has 1 aromatic carbocycles. The molecule has 0 radical (unpaired) electrons. The summed E-state index contributed by atoms with van der Waals surface area (Å²) in [6.45, 7) is 4.72. The molecule has 9 heteroatoms. The van der Waals surface area contributed by atoms with Crippen LogP contribution >= 0.6 is 47.2 Å². The van der Waals surface area contributed by atoms with Crippen molar-refractivity contribution in [3.63, 3.8) is 0 Å². The van der Waals surface area contributed by atoms with Gasteiger partial charge in [0, 0.05) is 31.7 Å². The number of hydrogen-bond acceptors (Lipinski definition) is 2. The molecule has 2 N–H and O–H groups in total. The highest BCUT2D eigenvalue weighted by Gasteiger charge is 2.09.